The topological polar surface area (TPSA) is 78.9 Å². The molecule has 0 fully saturated rings. The number of nitrogens with one attached hydrogen (secondary N) is 1. The Hall–Kier alpha value is -2.99. The van der Waals surface area contributed by atoms with E-state index in [1.807, 2.05) is 42.6 Å². The maximum Gasteiger partial charge on any atom is 0.173 e. The first kappa shape index (κ1) is 15.5. The maximum absolute atomic E-state index is 9.12. The van der Waals surface area contributed by atoms with Crippen molar-refractivity contribution >= 4 is 50.9 Å². The molecular formula is C18H11IN6. The van der Waals surface area contributed by atoms with Crippen molar-refractivity contribution in [3.63, 3.8) is 0 Å². The Morgan fingerprint density at radius 2 is 1.96 bits per heavy atom. The number of fused-ring (bicyclic) bond motifs is 3. The number of nitrogens with zero attached hydrogens (tertiary/aromatic N) is 5. The monoisotopic (exact) mass is 438 g/mol. The Balaban J connectivity index is 1.71. The van der Waals surface area contributed by atoms with E-state index in [1.54, 1.807) is 16.9 Å². The van der Waals surface area contributed by atoms with Crippen LogP contribution in [0.3, 0.4) is 0 Å². The Kier molecular flexibility index (Phi) is 4.03. The van der Waals surface area contributed by atoms with Crippen molar-refractivity contribution in [2.45, 2.75) is 0 Å². The van der Waals surface area contributed by atoms with Crippen molar-refractivity contribution in [2.24, 2.45) is 0 Å². The third-order valence-corrected chi connectivity index (χ3v) is 4.46. The summed E-state index contributed by atoms with van der Waals surface area (Å²) in [7, 11) is 0. The average molecular weight is 438 g/mol. The lowest BCUT2D eigenvalue weighted by Gasteiger charge is -2.04. The molecule has 3 heterocycles. The summed E-state index contributed by atoms with van der Waals surface area (Å²) >= 11 is 2.27. The van der Waals surface area contributed by atoms with Gasteiger partial charge in [0, 0.05) is 33.2 Å². The van der Waals surface area contributed by atoms with Gasteiger partial charge in [-0.25, -0.2) is 9.50 Å². The number of benzene rings is 1. The molecule has 0 spiro atoms. The lowest BCUT2D eigenvalue weighted by Crippen LogP contribution is -1.96. The van der Waals surface area contributed by atoms with Gasteiger partial charge in [-0.3, -0.25) is 4.98 Å². The minimum Gasteiger partial charge on any atom is -0.362 e. The first-order chi connectivity index (χ1) is 12.3. The molecule has 1 aromatic carbocycles. The lowest BCUT2D eigenvalue weighted by atomic mass is 10.2. The first-order valence-electron chi connectivity index (χ1n) is 7.46. The van der Waals surface area contributed by atoms with E-state index in [9.17, 15) is 0 Å². The Labute approximate surface area is 157 Å². The van der Waals surface area contributed by atoms with Crippen LogP contribution in [0.1, 0.15) is 11.3 Å². The van der Waals surface area contributed by atoms with E-state index >= 15 is 0 Å². The van der Waals surface area contributed by atoms with Gasteiger partial charge in [0.15, 0.2) is 5.65 Å². The molecule has 6 nitrogen and oxygen atoms in total. The summed E-state index contributed by atoms with van der Waals surface area (Å²) in [6.45, 7) is 0. The van der Waals surface area contributed by atoms with Gasteiger partial charge in [-0.15, -0.1) is 0 Å². The highest BCUT2D eigenvalue weighted by Crippen LogP contribution is 2.20. The largest absolute Gasteiger partial charge is 0.362 e. The molecule has 0 radical (unpaired) electrons. The number of rotatable bonds is 3. The van der Waals surface area contributed by atoms with E-state index in [1.165, 1.54) is 9.77 Å². The van der Waals surface area contributed by atoms with Crippen LogP contribution in [-0.4, -0.2) is 19.6 Å². The molecular weight excluding hydrogens is 427 g/mol. The first-order valence-corrected chi connectivity index (χ1v) is 8.54. The van der Waals surface area contributed by atoms with Crippen LogP contribution in [0.25, 0.3) is 22.6 Å². The fourth-order valence-electron chi connectivity index (χ4n) is 2.54. The number of hydrogen-bond acceptors (Lipinski definition) is 5. The predicted octanol–water partition coefficient (Wildman–Crippen LogP) is 3.84. The van der Waals surface area contributed by atoms with Crippen molar-refractivity contribution in [2.75, 3.05) is 5.32 Å². The molecule has 0 saturated carbocycles. The van der Waals surface area contributed by atoms with Gasteiger partial charge < -0.3 is 5.32 Å². The maximum atomic E-state index is 9.12. The van der Waals surface area contributed by atoms with Crippen LogP contribution in [0, 0.1) is 14.9 Å². The van der Waals surface area contributed by atoms with Crippen LogP contribution >= 0.6 is 22.6 Å². The van der Waals surface area contributed by atoms with Crippen molar-refractivity contribution < 1.29 is 0 Å². The lowest BCUT2D eigenvalue weighted by molar-refractivity contribution is 0.981. The second-order valence-electron chi connectivity index (χ2n) is 5.28. The molecule has 0 aliphatic rings. The third-order valence-electron chi connectivity index (χ3n) is 3.74. The summed E-state index contributed by atoms with van der Waals surface area (Å²) in [5, 5.41) is 17.5. The summed E-state index contributed by atoms with van der Waals surface area (Å²) in [6.07, 6.45) is 8.71. The van der Waals surface area contributed by atoms with E-state index in [2.05, 4.69) is 49.0 Å². The van der Waals surface area contributed by atoms with Gasteiger partial charge >= 0.3 is 0 Å². The Bertz CT molecular complexity index is 1140. The number of halogens is 1. The number of aromatic nitrogens is 4. The smallest absolute Gasteiger partial charge is 0.173 e. The van der Waals surface area contributed by atoms with Crippen molar-refractivity contribution in [1.29, 1.82) is 5.26 Å². The van der Waals surface area contributed by atoms with Gasteiger partial charge in [0.1, 0.15) is 11.6 Å². The minimum atomic E-state index is 0.455. The SMILES string of the molecule is N#Cc1cnn2c1ncc1c(C=CNc3ccc(I)cc3)nccc12. The summed E-state index contributed by atoms with van der Waals surface area (Å²) in [5.41, 5.74) is 3.64. The molecule has 4 aromatic rings. The number of pyridine rings is 1. The summed E-state index contributed by atoms with van der Waals surface area (Å²) in [6, 6.07) is 12.1. The van der Waals surface area contributed by atoms with Gasteiger partial charge in [-0.05, 0) is 59.0 Å². The van der Waals surface area contributed by atoms with E-state index in [0.29, 0.717) is 11.2 Å². The molecule has 1 N–H and O–H groups in total. The molecule has 0 amide bonds. The van der Waals surface area contributed by atoms with Crippen LogP contribution in [0.4, 0.5) is 5.69 Å². The highest BCUT2D eigenvalue weighted by Gasteiger charge is 2.09. The van der Waals surface area contributed by atoms with E-state index in [0.717, 1.165) is 22.3 Å². The standard InChI is InChI=1S/C18H11IN6/c19-13-1-3-14(4-2-13)21-7-5-16-15-11-23-18-12(9-20)10-24-25(18)17(15)6-8-22-16/h1-8,10-11,21H. The molecule has 0 aliphatic heterocycles. The highest BCUT2D eigenvalue weighted by molar-refractivity contribution is 14.1. The molecule has 0 aliphatic carbocycles. The molecule has 120 valence electrons. The molecule has 3 aromatic heterocycles. The minimum absolute atomic E-state index is 0.455. The van der Waals surface area contributed by atoms with Crippen LogP contribution in [-0.2, 0) is 0 Å². The highest BCUT2D eigenvalue weighted by atomic mass is 127. The van der Waals surface area contributed by atoms with Crippen LogP contribution in [0.2, 0.25) is 0 Å². The predicted molar refractivity (Wildman–Crippen MR) is 105 cm³/mol. The van der Waals surface area contributed by atoms with Gasteiger partial charge in [0.05, 0.1) is 17.4 Å². The molecule has 0 bridgehead atoms. The number of nitriles is 1. The molecule has 4 rings (SSSR count). The normalized spacial score (nSPS) is 11.2. The van der Waals surface area contributed by atoms with Gasteiger partial charge in [-0.1, -0.05) is 0 Å². The van der Waals surface area contributed by atoms with Crippen LogP contribution < -0.4 is 5.32 Å². The average Bonchev–Trinajstić information content (AvgIpc) is 3.07. The van der Waals surface area contributed by atoms with Crippen LogP contribution in [0.5, 0.6) is 0 Å². The Morgan fingerprint density at radius 1 is 1.12 bits per heavy atom. The zero-order valence-corrected chi connectivity index (χ0v) is 15.0. The number of hydrogen-bond donors (Lipinski definition) is 1. The zero-order valence-electron chi connectivity index (χ0n) is 12.9. The third kappa shape index (κ3) is 2.92. The summed E-state index contributed by atoms with van der Waals surface area (Å²) in [4.78, 5) is 8.77. The molecule has 0 unspecified atom stereocenters. The van der Waals surface area contributed by atoms with E-state index in [-0.39, 0.29) is 0 Å². The van der Waals surface area contributed by atoms with Gasteiger partial charge in [0.2, 0.25) is 0 Å². The van der Waals surface area contributed by atoms with Gasteiger partial charge in [0.25, 0.3) is 0 Å². The second-order valence-corrected chi connectivity index (χ2v) is 6.52. The molecule has 7 heteroatoms. The van der Waals surface area contributed by atoms with Crippen molar-refractivity contribution in [3.8, 4) is 6.07 Å². The van der Waals surface area contributed by atoms with Crippen molar-refractivity contribution in [3.05, 3.63) is 69.9 Å². The fourth-order valence-corrected chi connectivity index (χ4v) is 2.90. The van der Waals surface area contributed by atoms with Crippen LogP contribution in [0.15, 0.2) is 55.1 Å². The number of anilines is 1. The zero-order chi connectivity index (χ0) is 17.2. The van der Waals surface area contributed by atoms with Gasteiger partial charge in [-0.2, -0.15) is 10.4 Å². The molecule has 0 saturated heterocycles. The second kappa shape index (κ2) is 6.49. The summed E-state index contributed by atoms with van der Waals surface area (Å²) < 4.78 is 2.85. The van der Waals surface area contributed by atoms with E-state index in [4.69, 9.17) is 5.26 Å². The van der Waals surface area contributed by atoms with E-state index < -0.39 is 0 Å². The quantitative estimate of drug-likeness (QED) is 0.492. The molecule has 0 atom stereocenters. The summed E-state index contributed by atoms with van der Waals surface area (Å²) in [5.74, 6) is 0. The molecule has 25 heavy (non-hydrogen) atoms. The Morgan fingerprint density at radius 3 is 2.76 bits per heavy atom. The fraction of sp³-hybridized carbons (Fsp3) is 0. The van der Waals surface area contributed by atoms with Crippen molar-refractivity contribution in [1.82, 2.24) is 19.6 Å².